The van der Waals surface area contributed by atoms with Crippen molar-refractivity contribution in [2.45, 2.75) is 0 Å². The molecule has 0 unspecified atom stereocenters. The molecular weight excluding hydrogens is 356 g/mol. The minimum atomic E-state index is -0.258. The number of nitrogens with one attached hydrogen (secondary N) is 2. The van der Waals surface area contributed by atoms with Crippen molar-refractivity contribution >= 4 is 45.0 Å². The maximum absolute atomic E-state index is 12.2. The van der Waals surface area contributed by atoms with Crippen molar-refractivity contribution in [3.8, 4) is 0 Å². The van der Waals surface area contributed by atoms with E-state index < -0.39 is 0 Å². The van der Waals surface area contributed by atoms with Gasteiger partial charge in [0, 0.05) is 27.8 Å². The SMILES string of the molecule is CNC(=O)c1ccc(NC(=O)c2ccc(Cl)cc2Br)cc1. The van der Waals surface area contributed by atoms with Crippen LogP contribution in [0, 0.1) is 0 Å². The quantitative estimate of drug-likeness (QED) is 0.869. The molecule has 2 N–H and O–H groups in total. The summed E-state index contributed by atoms with van der Waals surface area (Å²) in [6, 6.07) is 11.6. The van der Waals surface area contributed by atoms with Crippen molar-refractivity contribution in [3.63, 3.8) is 0 Å². The zero-order valence-electron chi connectivity index (χ0n) is 11.1. The molecule has 108 valence electrons. The monoisotopic (exact) mass is 366 g/mol. The predicted octanol–water partition coefficient (Wildman–Crippen LogP) is 3.71. The summed E-state index contributed by atoms with van der Waals surface area (Å²) >= 11 is 9.15. The smallest absolute Gasteiger partial charge is 0.256 e. The Labute approximate surface area is 135 Å². The van der Waals surface area contributed by atoms with Gasteiger partial charge < -0.3 is 10.6 Å². The molecule has 0 atom stereocenters. The lowest BCUT2D eigenvalue weighted by molar-refractivity contribution is 0.0962. The first-order chi connectivity index (χ1) is 10.0. The number of benzene rings is 2. The topological polar surface area (TPSA) is 58.2 Å². The molecule has 0 aromatic heterocycles. The van der Waals surface area contributed by atoms with Crippen molar-refractivity contribution in [2.75, 3.05) is 12.4 Å². The van der Waals surface area contributed by atoms with Crippen LogP contribution in [-0.4, -0.2) is 18.9 Å². The molecule has 2 aromatic carbocycles. The maximum atomic E-state index is 12.2. The molecule has 0 saturated heterocycles. The minimum Gasteiger partial charge on any atom is -0.355 e. The molecule has 2 rings (SSSR count). The summed E-state index contributed by atoms with van der Waals surface area (Å²) in [4.78, 5) is 23.6. The second kappa shape index (κ2) is 6.74. The third kappa shape index (κ3) is 3.83. The predicted molar refractivity (Wildman–Crippen MR) is 86.9 cm³/mol. The van der Waals surface area contributed by atoms with E-state index in [4.69, 9.17) is 11.6 Å². The summed E-state index contributed by atoms with van der Waals surface area (Å²) in [7, 11) is 1.57. The van der Waals surface area contributed by atoms with Gasteiger partial charge in [0.1, 0.15) is 0 Å². The van der Waals surface area contributed by atoms with Gasteiger partial charge in [-0.05, 0) is 58.4 Å². The molecule has 0 aliphatic rings. The molecule has 2 aromatic rings. The number of rotatable bonds is 3. The number of anilines is 1. The van der Waals surface area contributed by atoms with Crippen LogP contribution in [0.4, 0.5) is 5.69 Å². The summed E-state index contributed by atoms with van der Waals surface area (Å²) in [5, 5.41) is 5.84. The molecule has 0 heterocycles. The van der Waals surface area contributed by atoms with Gasteiger partial charge in [0.25, 0.3) is 11.8 Å². The molecular formula is C15H12BrClN2O2. The van der Waals surface area contributed by atoms with E-state index in [-0.39, 0.29) is 11.8 Å². The van der Waals surface area contributed by atoms with Crippen LogP contribution in [0.25, 0.3) is 0 Å². The first-order valence-electron chi connectivity index (χ1n) is 6.10. The fourth-order valence-electron chi connectivity index (χ4n) is 1.72. The Bertz CT molecular complexity index is 687. The normalized spacial score (nSPS) is 10.0. The molecule has 0 bridgehead atoms. The van der Waals surface area contributed by atoms with E-state index in [2.05, 4.69) is 26.6 Å². The van der Waals surface area contributed by atoms with E-state index in [1.165, 1.54) is 0 Å². The minimum absolute atomic E-state index is 0.173. The van der Waals surface area contributed by atoms with Gasteiger partial charge in [-0.15, -0.1) is 0 Å². The highest BCUT2D eigenvalue weighted by molar-refractivity contribution is 9.10. The summed E-state index contributed by atoms with van der Waals surface area (Å²) in [5.74, 6) is -0.431. The van der Waals surface area contributed by atoms with Gasteiger partial charge >= 0.3 is 0 Å². The van der Waals surface area contributed by atoms with Gasteiger partial charge in [-0.1, -0.05) is 11.6 Å². The molecule has 4 nitrogen and oxygen atoms in total. The number of amides is 2. The average Bonchev–Trinajstić information content (AvgIpc) is 2.47. The fraction of sp³-hybridized carbons (Fsp3) is 0.0667. The number of hydrogen-bond acceptors (Lipinski definition) is 2. The van der Waals surface area contributed by atoms with Crippen LogP contribution in [0.15, 0.2) is 46.9 Å². The third-order valence-corrected chi connectivity index (χ3v) is 3.70. The summed E-state index contributed by atoms with van der Waals surface area (Å²) in [5.41, 5.74) is 1.62. The van der Waals surface area contributed by atoms with Crippen molar-refractivity contribution in [2.24, 2.45) is 0 Å². The number of carbonyl (C=O) groups is 2. The summed E-state index contributed by atoms with van der Waals surface area (Å²) < 4.78 is 0.620. The van der Waals surface area contributed by atoms with E-state index in [0.29, 0.717) is 26.3 Å². The lowest BCUT2D eigenvalue weighted by Crippen LogP contribution is -2.18. The second-order valence-corrected chi connectivity index (χ2v) is 5.53. The average molecular weight is 368 g/mol. The zero-order valence-corrected chi connectivity index (χ0v) is 13.5. The maximum Gasteiger partial charge on any atom is 0.256 e. The molecule has 0 aliphatic carbocycles. The van der Waals surface area contributed by atoms with Gasteiger partial charge in [-0.25, -0.2) is 0 Å². The zero-order chi connectivity index (χ0) is 15.4. The van der Waals surface area contributed by atoms with Gasteiger partial charge in [-0.2, -0.15) is 0 Å². The third-order valence-electron chi connectivity index (χ3n) is 2.81. The highest BCUT2D eigenvalue weighted by atomic mass is 79.9. The first kappa shape index (κ1) is 15.5. The number of hydrogen-bond donors (Lipinski definition) is 2. The van der Waals surface area contributed by atoms with E-state index in [0.717, 1.165) is 0 Å². The van der Waals surface area contributed by atoms with Crippen molar-refractivity contribution < 1.29 is 9.59 Å². The Morgan fingerprint density at radius 2 is 1.71 bits per heavy atom. The van der Waals surface area contributed by atoms with Crippen LogP contribution in [0.3, 0.4) is 0 Å². The molecule has 0 spiro atoms. The lowest BCUT2D eigenvalue weighted by atomic mass is 10.1. The molecule has 0 fully saturated rings. The van der Waals surface area contributed by atoms with Crippen LogP contribution in [0.2, 0.25) is 5.02 Å². The lowest BCUT2D eigenvalue weighted by Gasteiger charge is -2.08. The molecule has 0 radical (unpaired) electrons. The Balaban J connectivity index is 2.14. The first-order valence-corrected chi connectivity index (χ1v) is 7.27. The Morgan fingerprint density at radius 1 is 1.05 bits per heavy atom. The van der Waals surface area contributed by atoms with E-state index in [1.807, 2.05) is 0 Å². The van der Waals surface area contributed by atoms with Crippen molar-refractivity contribution in [1.29, 1.82) is 0 Å². The van der Waals surface area contributed by atoms with Gasteiger partial charge in [-0.3, -0.25) is 9.59 Å². The Morgan fingerprint density at radius 3 is 2.29 bits per heavy atom. The summed E-state index contributed by atoms with van der Waals surface area (Å²) in [6.45, 7) is 0. The van der Waals surface area contributed by atoms with E-state index >= 15 is 0 Å². The largest absolute Gasteiger partial charge is 0.355 e. The molecule has 6 heteroatoms. The van der Waals surface area contributed by atoms with Gasteiger partial charge in [0.05, 0.1) is 5.56 Å². The van der Waals surface area contributed by atoms with Crippen LogP contribution < -0.4 is 10.6 Å². The summed E-state index contributed by atoms with van der Waals surface area (Å²) in [6.07, 6.45) is 0. The fourth-order valence-corrected chi connectivity index (χ4v) is 2.58. The number of carbonyl (C=O) groups excluding carboxylic acids is 2. The van der Waals surface area contributed by atoms with Crippen molar-refractivity contribution in [3.05, 3.63) is 63.1 Å². The standard InChI is InChI=1S/C15H12BrClN2O2/c1-18-14(20)9-2-5-11(6-3-9)19-15(21)12-7-4-10(17)8-13(12)16/h2-8H,1H3,(H,18,20)(H,19,21). The molecule has 2 amide bonds. The van der Waals surface area contributed by atoms with Gasteiger partial charge in [0.2, 0.25) is 0 Å². The van der Waals surface area contributed by atoms with Gasteiger partial charge in [0.15, 0.2) is 0 Å². The molecule has 0 aliphatic heterocycles. The number of halogens is 2. The van der Waals surface area contributed by atoms with Crippen LogP contribution in [-0.2, 0) is 0 Å². The highest BCUT2D eigenvalue weighted by Crippen LogP contribution is 2.22. The molecule has 21 heavy (non-hydrogen) atoms. The Kier molecular flexibility index (Phi) is 4.98. The second-order valence-electron chi connectivity index (χ2n) is 4.23. The van der Waals surface area contributed by atoms with Crippen LogP contribution in [0.5, 0.6) is 0 Å². The molecule has 0 saturated carbocycles. The Hall–Kier alpha value is -1.85. The van der Waals surface area contributed by atoms with E-state index in [1.54, 1.807) is 49.5 Å². The van der Waals surface area contributed by atoms with Crippen molar-refractivity contribution in [1.82, 2.24) is 5.32 Å². The van der Waals surface area contributed by atoms with Crippen LogP contribution in [0.1, 0.15) is 20.7 Å². The van der Waals surface area contributed by atoms with E-state index in [9.17, 15) is 9.59 Å². The van der Waals surface area contributed by atoms with Crippen LogP contribution >= 0.6 is 27.5 Å². The highest BCUT2D eigenvalue weighted by Gasteiger charge is 2.11.